The number of thiocarbonyl (C=S) groups is 1. The first kappa shape index (κ1) is 19.9. The standard InChI is InChI=1S/C21H20Cl2N2O2S2/c22-15-2-1-14(16(23)7-15)6-17-18(26)25(20(28)29-17)24-19(27)21-8-11-3-12(9-21)5-13(4-11)10-21/h1-2,6-7,11-13H,3-5,8-10H2,(H,24,27)/b17-6+. The largest absolute Gasteiger partial charge is 0.285 e. The lowest BCUT2D eigenvalue weighted by Crippen LogP contribution is -2.57. The molecular formula is C21H20Cl2N2O2S2. The number of hydrazine groups is 1. The van der Waals surface area contributed by atoms with Crippen LogP contribution in [0.15, 0.2) is 23.1 Å². The molecule has 0 unspecified atom stereocenters. The molecule has 4 nitrogen and oxygen atoms in total. The van der Waals surface area contributed by atoms with Gasteiger partial charge >= 0.3 is 0 Å². The van der Waals surface area contributed by atoms with Gasteiger partial charge in [-0.3, -0.25) is 15.0 Å². The van der Waals surface area contributed by atoms with Gasteiger partial charge in [0.05, 0.1) is 10.3 Å². The van der Waals surface area contributed by atoms with Crippen molar-refractivity contribution < 1.29 is 9.59 Å². The Bertz CT molecular complexity index is 927. The molecule has 29 heavy (non-hydrogen) atoms. The number of amides is 2. The zero-order valence-corrected chi connectivity index (χ0v) is 18.8. The molecule has 1 aromatic rings. The van der Waals surface area contributed by atoms with Gasteiger partial charge in [0, 0.05) is 10.0 Å². The Morgan fingerprint density at radius 3 is 2.38 bits per heavy atom. The highest BCUT2D eigenvalue weighted by molar-refractivity contribution is 8.26. The number of rotatable bonds is 3. The summed E-state index contributed by atoms with van der Waals surface area (Å²) < 4.78 is 0.337. The van der Waals surface area contributed by atoms with E-state index in [1.165, 1.54) is 36.0 Å². The van der Waals surface area contributed by atoms with Gasteiger partial charge in [-0.25, -0.2) is 0 Å². The number of nitrogens with zero attached hydrogens (tertiary/aromatic N) is 1. The number of halogens is 2. The van der Waals surface area contributed by atoms with Crippen LogP contribution in [0.5, 0.6) is 0 Å². The van der Waals surface area contributed by atoms with Crippen molar-refractivity contribution in [3.63, 3.8) is 0 Å². The van der Waals surface area contributed by atoms with Gasteiger partial charge in [0.1, 0.15) is 0 Å². The number of carbonyl (C=O) groups excluding carboxylic acids is 2. The van der Waals surface area contributed by atoms with E-state index in [0.29, 0.717) is 42.6 Å². The minimum Gasteiger partial charge on any atom is -0.273 e. The summed E-state index contributed by atoms with van der Waals surface area (Å²) in [6, 6.07) is 5.10. The predicted molar refractivity (Wildman–Crippen MR) is 120 cm³/mol. The highest BCUT2D eigenvalue weighted by Gasteiger charge is 2.55. The summed E-state index contributed by atoms with van der Waals surface area (Å²) in [7, 11) is 0. The van der Waals surface area contributed by atoms with Crippen LogP contribution < -0.4 is 5.43 Å². The quantitative estimate of drug-likeness (QED) is 0.475. The number of carbonyl (C=O) groups is 2. The Morgan fingerprint density at radius 2 is 1.79 bits per heavy atom. The molecule has 0 aromatic heterocycles. The van der Waals surface area contributed by atoms with E-state index in [-0.39, 0.29) is 17.2 Å². The molecule has 1 aliphatic heterocycles. The fourth-order valence-corrected chi connectivity index (χ4v) is 7.57. The Labute approximate surface area is 189 Å². The van der Waals surface area contributed by atoms with Gasteiger partial charge in [0.2, 0.25) is 5.91 Å². The molecule has 1 heterocycles. The molecule has 1 saturated heterocycles. The zero-order valence-electron chi connectivity index (χ0n) is 15.6. The van der Waals surface area contributed by atoms with Gasteiger partial charge < -0.3 is 0 Å². The van der Waals surface area contributed by atoms with Crippen molar-refractivity contribution in [2.24, 2.45) is 23.2 Å². The molecule has 0 atom stereocenters. The van der Waals surface area contributed by atoms with Gasteiger partial charge in [0.25, 0.3) is 5.91 Å². The van der Waals surface area contributed by atoms with E-state index in [4.69, 9.17) is 35.4 Å². The molecular weight excluding hydrogens is 447 g/mol. The third-order valence-electron chi connectivity index (χ3n) is 6.78. The van der Waals surface area contributed by atoms with E-state index >= 15 is 0 Å². The minimum absolute atomic E-state index is 0.0429. The fraction of sp³-hybridized carbons (Fsp3) is 0.476. The molecule has 2 amide bonds. The smallest absolute Gasteiger partial charge is 0.273 e. The molecule has 1 N–H and O–H groups in total. The second-order valence-corrected chi connectivity index (χ2v) is 11.3. The first-order chi connectivity index (χ1) is 13.8. The Kier molecular flexibility index (Phi) is 4.97. The molecule has 0 spiro atoms. The summed E-state index contributed by atoms with van der Waals surface area (Å²) in [6.07, 6.45) is 8.30. The zero-order chi connectivity index (χ0) is 20.3. The molecule has 6 rings (SSSR count). The molecule has 8 heteroatoms. The fourth-order valence-electron chi connectivity index (χ4n) is 5.93. The van der Waals surface area contributed by atoms with Crippen LogP contribution in [0, 0.1) is 23.2 Å². The van der Waals surface area contributed by atoms with Crippen LogP contribution in [0.4, 0.5) is 0 Å². The van der Waals surface area contributed by atoms with Crippen LogP contribution in [0.1, 0.15) is 44.1 Å². The van der Waals surface area contributed by atoms with E-state index in [1.807, 2.05) is 0 Å². The summed E-state index contributed by atoms with van der Waals surface area (Å²) in [5.41, 5.74) is 3.21. The Morgan fingerprint density at radius 1 is 1.17 bits per heavy atom. The average Bonchev–Trinajstić information content (AvgIpc) is 2.90. The first-order valence-electron chi connectivity index (χ1n) is 9.87. The summed E-state index contributed by atoms with van der Waals surface area (Å²) in [4.78, 5) is 26.6. The lowest BCUT2D eigenvalue weighted by molar-refractivity contribution is -0.152. The monoisotopic (exact) mass is 466 g/mol. The lowest BCUT2D eigenvalue weighted by Gasteiger charge is -2.55. The van der Waals surface area contributed by atoms with Crippen molar-refractivity contribution >= 4 is 69.4 Å². The van der Waals surface area contributed by atoms with E-state index in [0.717, 1.165) is 19.3 Å². The molecule has 5 aliphatic rings. The van der Waals surface area contributed by atoms with E-state index in [2.05, 4.69) is 5.43 Å². The van der Waals surface area contributed by atoms with E-state index < -0.39 is 0 Å². The third kappa shape index (κ3) is 3.52. The summed E-state index contributed by atoms with van der Waals surface area (Å²) in [6.45, 7) is 0. The topological polar surface area (TPSA) is 49.4 Å². The van der Waals surface area contributed by atoms with Crippen molar-refractivity contribution in [3.8, 4) is 0 Å². The van der Waals surface area contributed by atoms with Crippen molar-refractivity contribution in [1.82, 2.24) is 10.4 Å². The number of thioether (sulfide) groups is 1. The van der Waals surface area contributed by atoms with Crippen LogP contribution in [0.2, 0.25) is 10.0 Å². The van der Waals surface area contributed by atoms with Gasteiger partial charge in [0.15, 0.2) is 4.32 Å². The Balaban J connectivity index is 1.34. The minimum atomic E-state index is -0.332. The van der Waals surface area contributed by atoms with Gasteiger partial charge in [-0.05, 0) is 92.3 Å². The van der Waals surface area contributed by atoms with Crippen molar-refractivity contribution in [3.05, 3.63) is 38.7 Å². The molecule has 1 aromatic carbocycles. The molecule has 4 saturated carbocycles. The predicted octanol–water partition coefficient (Wildman–Crippen LogP) is 5.44. The molecule has 4 aliphatic carbocycles. The maximum Gasteiger partial charge on any atom is 0.285 e. The second-order valence-electron chi connectivity index (χ2n) is 8.82. The van der Waals surface area contributed by atoms with Crippen LogP contribution in [0.3, 0.4) is 0 Å². The van der Waals surface area contributed by atoms with Crippen LogP contribution in [-0.2, 0) is 9.59 Å². The van der Waals surface area contributed by atoms with Crippen molar-refractivity contribution in [1.29, 1.82) is 0 Å². The normalized spacial score (nSPS) is 34.3. The van der Waals surface area contributed by atoms with Crippen molar-refractivity contribution in [2.45, 2.75) is 38.5 Å². The van der Waals surface area contributed by atoms with E-state index in [9.17, 15) is 9.59 Å². The van der Waals surface area contributed by atoms with Crippen LogP contribution >= 0.6 is 47.2 Å². The number of nitrogens with one attached hydrogen (secondary N) is 1. The second kappa shape index (κ2) is 7.26. The number of benzene rings is 1. The number of hydrogen-bond acceptors (Lipinski definition) is 4. The van der Waals surface area contributed by atoms with Crippen molar-refractivity contribution in [2.75, 3.05) is 0 Å². The molecule has 0 radical (unpaired) electrons. The summed E-state index contributed by atoms with van der Waals surface area (Å²) >= 11 is 18.7. The highest BCUT2D eigenvalue weighted by Crippen LogP contribution is 2.60. The molecule has 4 bridgehead atoms. The highest BCUT2D eigenvalue weighted by atomic mass is 35.5. The average molecular weight is 467 g/mol. The third-order valence-corrected chi connectivity index (χ3v) is 8.64. The molecule has 152 valence electrons. The maximum absolute atomic E-state index is 13.3. The maximum atomic E-state index is 13.3. The van der Waals surface area contributed by atoms with Crippen LogP contribution in [-0.4, -0.2) is 21.1 Å². The number of hydrogen-bond donors (Lipinski definition) is 1. The van der Waals surface area contributed by atoms with Gasteiger partial charge in [-0.15, -0.1) is 0 Å². The first-order valence-corrected chi connectivity index (χ1v) is 11.9. The summed E-state index contributed by atoms with van der Waals surface area (Å²) in [5, 5.41) is 2.22. The van der Waals surface area contributed by atoms with Crippen LogP contribution in [0.25, 0.3) is 6.08 Å². The lowest BCUT2D eigenvalue weighted by atomic mass is 9.49. The Hall–Kier alpha value is -1.08. The van der Waals surface area contributed by atoms with E-state index in [1.54, 1.807) is 24.3 Å². The SMILES string of the molecule is O=C1/C(=C\c2ccc(Cl)cc2Cl)SC(=S)N1NC(=O)C12CC3CC(CC(C3)C1)C2. The van der Waals surface area contributed by atoms with Gasteiger partial charge in [-0.2, -0.15) is 5.01 Å². The molecule has 5 fully saturated rings. The van der Waals surface area contributed by atoms with Gasteiger partial charge in [-0.1, -0.05) is 41.0 Å². The summed E-state index contributed by atoms with van der Waals surface area (Å²) in [5.74, 6) is 1.61.